The second-order valence-electron chi connectivity index (χ2n) is 15.5. The van der Waals surface area contributed by atoms with Crippen LogP contribution in [0.25, 0.3) is 34.4 Å². The Hall–Kier alpha value is -4.11. The normalized spacial score (nSPS) is 19.2. The van der Waals surface area contributed by atoms with E-state index in [1.54, 1.807) is 21.5 Å². The fraction of sp³-hybridized carbons (Fsp3) is 0.167. The third-order valence-corrected chi connectivity index (χ3v) is 34.6. The van der Waals surface area contributed by atoms with Gasteiger partial charge in [0.2, 0.25) is 0 Å². The molecular weight excluding hydrogens is 783 g/mol. The molecule has 1 fully saturated rings. The van der Waals surface area contributed by atoms with Gasteiger partial charge in [0, 0.05) is 0 Å². The van der Waals surface area contributed by atoms with Crippen molar-refractivity contribution in [1.29, 1.82) is 0 Å². The molecule has 1 saturated heterocycles. The van der Waals surface area contributed by atoms with E-state index in [1.807, 2.05) is 0 Å². The molecule has 2 aliphatic carbocycles. The van der Waals surface area contributed by atoms with Gasteiger partial charge in [-0.15, -0.1) is 0 Å². The molecule has 0 N–H and O–H groups in total. The Morgan fingerprint density at radius 2 is 0.780 bits per heavy atom. The Morgan fingerprint density at radius 3 is 1.16 bits per heavy atom. The van der Waals surface area contributed by atoms with Crippen LogP contribution in [0.2, 0.25) is 9.36 Å². The molecule has 1 aliphatic heterocycles. The molecule has 9 rings (SSSR count). The maximum absolute atomic E-state index is 3.34. The zero-order valence-corrected chi connectivity index (χ0v) is 34.6. The maximum atomic E-state index is 2.79. The summed E-state index contributed by atoms with van der Waals surface area (Å²) < 4.78 is 6.59. The van der Waals surface area contributed by atoms with Crippen LogP contribution in [0, 0.1) is 27.7 Å². The van der Waals surface area contributed by atoms with Gasteiger partial charge in [0.1, 0.15) is 0 Å². The number of rotatable bonds is 4. The van der Waals surface area contributed by atoms with Gasteiger partial charge >= 0.3 is 306 Å². The van der Waals surface area contributed by atoms with Crippen molar-refractivity contribution in [3.63, 3.8) is 0 Å². The molecule has 2 unspecified atom stereocenters. The summed E-state index contributed by atoms with van der Waals surface area (Å²) in [5.74, 6) is 0. The second-order valence-corrected chi connectivity index (χ2v) is 36.6. The van der Waals surface area contributed by atoms with Crippen molar-refractivity contribution in [3.05, 3.63) is 188 Å². The monoisotopic (exact) mass is 828 g/mol. The van der Waals surface area contributed by atoms with Gasteiger partial charge in [-0.05, 0) is 0 Å². The zero-order chi connectivity index (χ0) is 34.4. The first-order chi connectivity index (χ1) is 24.2. The third kappa shape index (κ3) is 4.37. The van der Waals surface area contributed by atoms with Crippen molar-refractivity contribution in [2.24, 2.45) is 0 Å². The standard InChI is InChI=1S/C46H38Si.2CH3.Hf/c1-31-15-11-16-32(2)45(31)41-25-13-19-35-27-39(29-43(35)41)47(37-21-7-5-8-22-37,38-23-9-6-10-24-38)40-28-36-20-14-26-42(44(36)30-40)46-33(3)17-12-18-34(46)4;;;/h5-30H,1-4H3;2*1H3;. The third-order valence-electron chi connectivity index (χ3n) is 12.4. The summed E-state index contributed by atoms with van der Waals surface area (Å²) in [6.07, 6.45) is 5.48. The fourth-order valence-electron chi connectivity index (χ4n) is 10.5. The predicted molar refractivity (Wildman–Crippen MR) is 214 cm³/mol. The summed E-state index contributed by atoms with van der Waals surface area (Å²) in [5.41, 5.74) is 17.2. The summed E-state index contributed by atoms with van der Waals surface area (Å²) >= 11 is -3.34. The van der Waals surface area contributed by atoms with Crippen LogP contribution in [-0.2, 0) is 20.0 Å². The minimum absolute atomic E-state index is 0.505. The molecule has 0 bridgehead atoms. The van der Waals surface area contributed by atoms with Gasteiger partial charge in [-0.25, -0.2) is 0 Å². The van der Waals surface area contributed by atoms with Crippen LogP contribution in [0.15, 0.2) is 144 Å². The summed E-state index contributed by atoms with van der Waals surface area (Å²) in [5, 5.41) is 6.51. The van der Waals surface area contributed by atoms with Gasteiger partial charge in [0.25, 0.3) is 0 Å². The van der Waals surface area contributed by atoms with Crippen LogP contribution in [0.3, 0.4) is 0 Å². The van der Waals surface area contributed by atoms with Crippen LogP contribution in [-0.4, -0.2) is 8.07 Å². The molecule has 50 heavy (non-hydrogen) atoms. The quantitative estimate of drug-likeness (QED) is 0.155. The number of benzene rings is 6. The molecule has 0 amide bonds. The Labute approximate surface area is 303 Å². The molecule has 2 heteroatoms. The molecule has 1 heterocycles. The molecule has 0 nitrogen and oxygen atoms in total. The predicted octanol–water partition coefficient (Wildman–Crippen LogP) is 11.4. The molecule has 0 spiro atoms. The Balaban J connectivity index is 1.42. The van der Waals surface area contributed by atoms with E-state index in [9.17, 15) is 0 Å². The van der Waals surface area contributed by atoms with E-state index in [0.29, 0.717) is 7.35 Å². The molecular formula is C48H44HfSi. The Kier molecular flexibility index (Phi) is 7.46. The van der Waals surface area contributed by atoms with E-state index in [2.05, 4.69) is 183 Å². The Bertz CT molecular complexity index is 2190. The van der Waals surface area contributed by atoms with Crippen molar-refractivity contribution in [2.75, 3.05) is 0 Å². The minimum atomic E-state index is -3.34. The number of hydrogen-bond donors (Lipinski definition) is 0. The molecule has 0 radical (unpaired) electrons. The van der Waals surface area contributed by atoms with E-state index < -0.39 is 28.0 Å². The van der Waals surface area contributed by atoms with Gasteiger partial charge in [-0.3, -0.25) is 0 Å². The first-order valence-electron chi connectivity index (χ1n) is 18.2. The van der Waals surface area contributed by atoms with Gasteiger partial charge in [-0.1, -0.05) is 0 Å². The summed E-state index contributed by atoms with van der Waals surface area (Å²) in [6, 6.07) is 51.5. The van der Waals surface area contributed by atoms with Crippen molar-refractivity contribution < 1.29 is 20.0 Å². The van der Waals surface area contributed by atoms with Gasteiger partial charge in [0.05, 0.1) is 0 Å². The zero-order valence-electron chi connectivity index (χ0n) is 30.0. The van der Waals surface area contributed by atoms with Gasteiger partial charge in [-0.2, -0.15) is 0 Å². The van der Waals surface area contributed by atoms with E-state index >= 15 is 0 Å². The average Bonchev–Trinajstić information content (AvgIpc) is 3.72. The van der Waals surface area contributed by atoms with Crippen molar-refractivity contribution in [1.82, 2.24) is 0 Å². The number of aryl methyl sites for hydroxylation is 4. The summed E-state index contributed by atoms with van der Waals surface area (Å²) in [4.78, 5) is 0. The Morgan fingerprint density at radius 1 is 0.420 bits per heavy atom. The van der Waals surface area contributed by atoms with Crippen LogP contribution >= 0.6 is 0 Å². The summed E-state index contributed by atoms with van der Waals surface area (Å²) in [6.45, 7) is 9.14. The SMILES string of the molecule is Cc1cccc(C)c1-c1cccc2c1C=C1[CH]2[Hf]([CH3])([CH3])[CH]2C(=Cc3c(-c4c(C)cccc4C)cccc32)[Si]1(c1ccccc1)c1ccccc1. The van der Waals surface area contributed by atoms with Crippen molar-refractivity contribution in [2.45, 2.75) is 44.4 Å². The average molecular weight is 827 g/mol. The first kappa shape index (κ1) is 31.8. The van der Waals surface area contributed by atoms with Gasteiger partial charge < -0.3 is 0 Å². The molecule has 2 atom stereocenters. The second kappa shape index (κ2) is 11.7. The molecule has 0 aromatic heterocycles. The van der Waals surface area contributed by atoms with E-state index in [1.165, 1.54) is 66.0 Å². The van der Waals surface area contributed by atoms with Crippen LogP contribution < -0.4 is 10.4 Å². The van der Waals surface area contributed by atoms with Crippen LogP contribution in [0.4, 0.5) is 0 Å². The summed E-state index contributed by atoms with van der Waals surface area (Å²) in [7, 11) is -2.70. The molecule has 6 aromatic rings. The first-order valence-corrected chi connectivity index (χ1v) is 31.5. The van der Waals surface area contributed by atoms with E-state index in [0.717, 1.165) is 0 Å². The molecule has 3 aliphatic rings. The number of allylic oxidation sites excluding steroid dienone is 2. The molecule has 0 saturated carbocycles. The van der Waals surface area contributed by atoms with Crippen LogP contribution in [0.5, 0.6) is 0 Å². The molecule has 6 aromatic carbocycles. The van der Waals surface area contributed by atoms with Crippen molar-refractivity contribution >= 4 is 30.6 Å². The van der Waals surface area contributed by atoms with E-state index in [4.69, 9.17) is 0 Å². The van der Waals surface area contributed by atoms with E-state index in [-0.39, 0.29) is 0 Å². The number of hydrogen-bond acceptors (Lipinski definition) is 0. The van der Waals surface area contributed by atoms with Crippen molar-refractivity contribution in [3.8, 4) is 22.3 Å². The number of fused-ring (bicyclic) bond motifs is 6. The fourth-order valence-corrected chi connectivity index (χ4v) is 41.7. The topological polar surface area (TPSA) is 0 Å². The van der Waals surface area contributed by atoms with Gasteiger partial charge in [0.15, 0.2) is 0 Å². The van der Waals surface area contributed by atoms with Crippen LogP contribution in [0.1, 0.15) is 51.9 Å². The molecule has 244 valence electrons.